The quantitative estimate of drug-likeness (QED) is 0.104. The first-order valence-corrected chi connectivity index (χ1v) is 22.0. The van der Waals surface area contributed by atoms with Gasteiger partial charge in [0.25, 0.3) is 0 Å². The highest BCUT2D eigenvalue weighted by molar-refractivity contribution is 7.90. The monoisotopic (exact) mass is 903 g/mol. The number of amides is 3. The van der Waals surface area contributed by atoms with Gasteiger partial charge in [0.2, 0.25) is 29.5 Å². The number of aromatic amines is 1. The van der Waals surface area contributed by atoms with Gasteiger partial charge < -0.3 is 24.8 Å². The highest BCUT2D eigenvalue weighted by Crippen LogP contribution is 2.34. The lowest BCUT2D eigenvalue weighted by molar-refractivity contribution is -0.138. The van der Waals surface area contributed by atoms with Gasteiger partial charge in [0, 0.05) is 108 Å². The first-order chi connectivity index (χ1) is 30.9. The lowest BCUT2D eigenvalue weighted by atomic mass is 9.87. The van der Waals surface area contributed by atoms with Crippen LogP contribution in [0.4, 0.5) is 30.5 Å². The van der Waals surface area contributed by atoms with Gasteiger partial charge in [-0.05, 0) is 55.2 Å². The molecule has 3 aliphatic rings. The number of aliphatic hydroxyl groups is 1. The fourth-order valence-electron chi connectivity index (χ4n) is 8.08. The minimum absolute atomic E-state index is 0.0181. The van der Waals surface area contributed by atoms with Gasteiger partial charge in [-0.3, -0.25) is 29.2 Å². The van der Waals surface area contributed by atoms with Crippen molar-refractivity contribution in [1.82, 2.24) is 34.5 Å². The normalized spacial score (nSPS) is 19.5. The van der Waals surface area contributed by atoms with Gasteiger partial charge in [0.1, 0.15) is 17.3 Å². The third kappa shape index (κ3) is 8.87. The summed E-state index contributed by atoms with van der Waals surface area (Å²) in [5, 5.41) is 13.8. The number of piperazine rings is 1. The summed E-state index contributed by atoms with van der Waals surface area (Å²) in [6.07, 6.45) is 6.16. The standard InChI is InChI=1S/C43H45F3N10O7S/c1-3-53(2)64(62,63)52-33-7-6-31(44)37(38(33)46)39(59)30-24-48-40-29(30)18-26(21-47-40)27-22-49-42(50-23-27)56-16-14-55(15-17-56)36(58)20-43(61)10-12-54(13-11-43)34-8-4-25(19-32(34)45)28-5-9-35(57)51-41(28)60/h4,6-8,18-19,21-24,28,52,61H,3,5,9-17,20H2,1-2H3,(H,47,48)(H,51,57,60)/t28-/m0/s1/i28D. The Bertz CT molecular complexity index is 2820. The average molecular weight is 904 g/mol. The zero-order chi connectivity index (χ0) is 46.4. The van der Waals surface area contributed by atoms with Crippen molar-refractivity contribution in [1.29, 1.82) is 0 Å². The molecule has 6 heterocycles. The molecule has 3 saturated heterocycles. The predicted molar refractivity (Wildman–Crippen MR) is 229 cm³/mol. The van der Waals surface area contributed by atoms with E-state index >= 15 is 13.2 Å². The van der Waals surface area contributed by atoms with Crippen LogP contribution >= 0.6 is 0 Å². The van der Waals surface area contributed by atoms with Crippen LogP contribution in [0.1, 0.15) is 67.8 Å². The summed E-state index contributed by atoms with van der Waals surface area (Å²) in [5.74, 6) is -7.06. The number of imide groups is 1. The van der Waals surface area contributed by atoms with Gasteiger partial charge in [-0.1, -0.05) is 13.0 Å². The van der Waals surface area contributed by atoms with Gasteiger partial charge in [-0.15, -0.1) is 0 Å². The average Bonchev–Trinajstić information content (AvgIpc) is 3.72. The minimum Gasteiger partial charge on any atom is -0.389 e. The predicted octanol–water partition coefficient (Wildman–Crippen LogP) is 3.87. The summed E-state index contributed by atoms with van der Waals surface area (Å²) < 4.78 is 82.7. The number of pyridine rings is 1. The third-order valence-corrected chi connectivity index (χ3v) is 13.6. The summed E-state index contributed by atoms with van der Waals surface area (Å²) in [7, 11) is -2.90. The number of carbonyl (C=O) groups excluding carboxylic acids is 4. The lowest BCUT2D eigenvalue weighted by Crippen LogP contribution is -2.52. The number of rotatable bonds is 12. The number of nitrogens with zero attached hydrogens (tertiary/aromatic N) is 7. The zero-order valence-electron chi connectivity index (χ0n) is 35.8. The maximum absolute atomic E-state index is 15.6. The SMILES string of the molecule is [2H][C@@]1(c2ccc(N3CCC(O)(CC(=O)N4CCN(c5ncc(-c6cnc7[nH]cc(C(=O)c8c(F)ccc(NS(=O)(=O)N(C)CC)c8F)c7c6)cn5)CC4)CC3)c(F)c2)CCC(=O)NC1=O. The number of aromatic nitrogens is 4. The van der Waals surface area contributed by atoms with E-state index in [-0.39, 0.29) is 85.5 Å². The number of piperidine rings is 2. The highest BCUT2D eigenvalue weighted by atomic mass is 32.2. The number of hydrogen-bond donors (Lipinski definition) is 4. The second kappa shape index (κ2) is 17.6. The molecule has 0 radical (unpaired) electrons. The maximum atomic E-state index is 15.6. The fraction of sp³-hybridized carbons (Fsp3) is 0.372. The minimum atomic E-state index is -4.17. The van der Waals surface area contributed by atoms with Crippen LogP contribution in [0.5, 0.6) is 0 Å². The van der Waals surface area contributed by atoms with Crippen molar-refractivity contribution in [3.8, 4) is 11.1 Å². The number of fused-ring (bicyclic) bond motifs is 1. The van der Waals surface area contributed by atoms with Gasteiger partial charge in [-0.25, -0.2) is 28.1 Å². The van der Waals surface area contributed by atoms with Crippen LogP contribution in [0.15, 0.2) is 61.2 Å². The second-order valence-corrected chi connectivity index (χ2v) is 17.8. The first kappa shape index (κ1) is 42.8. The molecule has 0 saturated carbocycles. The number of hydrogen-bond acceptors (Lipinski definition) is 12. The summed E-state index contributed by atoms with van der Waals surface area (Å²) in [4.78, 5) is 72.6. The van der Waals surface area contributed by atoms with Gasteiger partial charge in [-0.2, -0.15) is 12.7 Å². The number of anilines is 3. The van der Waals surface area contributed by atoms with Crippen LogP contribution in [0.2, 0.25) is 0 Å². The molecule has 1 atom stereocenters. The second-order valence-electron chi connectivity index (χ2n) is 16.0. The molecule has 4 N–H and O–H groups in total. The Morgan fingerprint density at radius 1 is 0.953 bits per heavy atom. The zero-order valence-corrected chi connectivity index (χ0v) is 35.6. The molecule has 0 aliphatic carbocycles. The molecule has 3 aliphatic heterocycles. The Kier molecular flexibility index (Phi) is 11.8. The van der Waals surface area contributed by atoms with Crippen LogP contribution in [0.25, 0.3) is 22.2 Å². The molecule has 3 amide bonds. The van der Waals surface area contributed by atoms with E-state index in [1.165, 1.54) is 31.6 Å². The number of halogens is 3. The molecule has 21 heteroatoms. The van der Waals surface area contributed by atoms with E-state index in [2.05, 4.69) is 30.0 Å². The Morgan fingerprint density at radius 2 is 1.66 bits per heavy atom. The summed E-state index contributed by atoms with van der Waals surface area (Å²) in [6.45, 7) is 3.73. The van der Waals surface area contributed by atoms with E-state index < -0.39 is 68.0 Å². The Morgan fingerprint density at radius 3 is 2.33 bits per heavy atom. The molecule has 0 spiro atoms. The molecule has 0 unspecified atom stereocenters. The molecule has 17 nitrogen and oxygen atoms in total. The molecule has 5 aromatic rings. The first-order valence-electron chi connectivity index (χ1n) is 21.1. The van der Waals surface area contributed by atoms with E-state index in [9.17, 15) is 32.7 Å². The summed E-state index contributed by atoms with van der Waals surface area (Å²) in [6, 6.07) is 7.46. The van der Waals surface area contributed by atoms with E-state index in [0.29, 0.717) is 43.3 Å². The Balaban J connectivity index is 0.864. The molecule has 8 rings (SSSR count). The Labute approximate surface area is 367 Å². The van der Waals surface area contributed by atoms with Gasteiger partial charge in [0.15, 0.2) is 5.82 Å². The summed E-state index contributed by atoms with van der Waals surface area (Å²) in [5.41, 5.74) is -1.25. The van der Waals surface area contributed by atoms with Crippen molar-refractivity contribution >= 4 is 62.1 Å². The molecule has 2 aromatic carbocycles. The molecular formula is C43H45F3N10O7S. The molecular weight excluding hydrogens is 858 g/mol. The van der Waals surface area contributed by atoms with E-state index in [4.69, 9.17) is 1.37 Å². The molecule has 3 fully saturated rings. The van der Waals surface area contributed by atoms with Crippen molar-refractivity contribution < 1.29 is 47.2 Å². The van der Waals surface area contributed by atoms with Gasteiger partial charge >= 0.3 is 10.2 Å². The van der Waals surface area contributed by atoms with Crippen molar-refractivity contribution in [3.63, 3.8) is 0 Å². The van der Waals surface area contributed by atoms with E-state index in [1.807, 2.05) is 4.90 Å². The molecule has 0 bridgehead atoms. The molecule has 64 heavy (non-hydrogen) atoms. The van der Waals surface area contributed by atoms with E-state index in [1.54, 1.807) is 35.2 Å². The topological polar surface area (TPSA) is 214 Å². The number of H-pyrrole nitrogens is 1. The van der Waals surface area contributed by atoms with Crippen LogP contribution in [-0.4, -0.2) is 125 Å². The lowest BCUT2D eigenvalue weighted by Gasteiger charge is -2.41. The number of benzene rings is 2. The van der Waals surface area contributed by atoms with Crippen molar-refractivity contribution in [2.24, 2.45) is 0 Å². The molecule has 3 aromatic heterocycles. The van der Waals surface area contributed by atoms with Crippen LogP contribution in [0.3, 0.4) is 0 Å². The number of nitrogens with one attached hydrogen (secondary N) is 3. The van der Waals surface area contributed by atoms with Gasteiger partial charge in [0.05, 0.1) is 34.9 Å². The van der Waals surface area contributed by atoms with Crippen LogP contribution < -0.4 is 19.8 Å². The smallest absolute Gasteiger partial charge is 0.301 e. The maximum Gasteiger partial charge on any atom is 0.301 e. The largest absolute Gasteiger partial charge is 0.389 e. The van der Waals surface area contributed by atoms with Crippen LogP contribution in [0, 0.1) is 17.5 Å². The molecule has 336 valence electrons. The summed E-state index contributed by atoms with van der Waals surface area (Å²) >= 11 is 0. The van der Waals surface area contributed by atoms with Crippen molar-refractivity contribution in [2.45, 2.75) is 50.5 Å². The van der Waals surface area contributed by atoms with Crippen LogP contribution in [-0.2, 0) is 24.6 Å². The number of ketones is 1. The number of carbonyl (C=O) groups is 4. The van der Waals surface area contributed by atoms with Crippen molar-refractivity contribution in [3.05, 3.63) is 95.3 Å². The highest BCUT2D eigenvalue weighted by Gasteiger charge is 2.38. The fourth-order valence-corrected chi connectivity index (χ4v) is 9.01. The van der Waals surface area contributed by atoms with Crippen molar-refractivity contribution in [2.75, 3.05) is 67.4 Å². The van der Waals surface area contributed by atoms with E-state index in [0.717, 1.165) is 22.5 Å². The third-order valence-electron chi connectivity index (χ3n) is 12.0. The Hall–Kier alpha value is -6.45.